The van der Waals surface area contributed by atoms with Crippen molar-refractivity contribution in [2.45, 2.75) is 39.3 Å². The van der Waals surface area contributed by atoms with E-state index >= 15 is 0 Å². The first-order valence-corrected chi connectivity index (χ1v) is 6.54. The Balaban J connectivity index is 2.60. The van der Waals surface area contributed by atoms with E-state index in [1.54, 1.807) is 6.92 Å². The molecule has 0 saturated carbocycles. The minimum atomic E-state index is -0.434. The molecule has 0 aliphatic carbocycles. The molecule has 0 saturated heterocycles. The molecule has 5 nitrogen and oxygen atoms in total. The number of carbonyl (C=O) groups is 1. The van der Waals surface area contributed by atoms with Gasteiger partial charge in [0.15, 0.2) is 5.82 Å². The molecule has 1 heterocycles. The van der Waals surface area contributed by atoms with Crippen LogP contribution in [-0.2, 0) is 11.3 Å². The Bertz CT molecular complexity index is 452. The quantitative estimate of drug-likeness (QED) is 0.626. The SMILES string of the molecule is C#CC(C)(CC)NCc1nsc(C(=O)OCC)n1. The molecule has 1 rings (SSSR count). The van der Waals surface area contributed by atoms with Gasteiger partial charge in [0.1, 0.15) is 0 Å². The summed E-state index contributed by atoms with van der Waals surface area (Å²) >= 11 is 1.04. The van der Waals surface area contributed by atoms with Crippen molar-refractivity contribution in [3.63, 3.8) is 0 Å². The number of nitrogens with one attached hydrogen (secondary N) is 1. The third-order valence-corrected chi connectivity index (χ3v) is 3.31. The number of esters is 1. The monoisotopic (exact) mass is 267 g/mol. The van der Waals surface area contributed by atoms with Crippen LogP contribution in [0.25, 0.3) is 0 Å². The van der Waals surface area contributed by atoms with Crippen LogP contribution < -0.4 is 5.32 Å². The summed E-state index contributed by atoms with van der Waals surface area (Å²) in [5.74, 6) is 2.81. The van der Waals surface area contributed by atoms with Crippen molar-refractivity contribution in [3.8, 4) is 12.3 Å². The minimum Gasteiger partial charge on any atom is -0.461 e. The van der Waals surface area contributed by atoms with Gasteiger partial charge in [0, 0.05) is 0 Å². The second-order valence-electron chi connectivity index (χ2n) is 3.92. The van der Waals surface area contributed by atoms with Gasteiger partial charge < -0.3 is 4.74 Å². The molecular weight excluding hydrogens is 250 g/mol. The molecule has 1 aromatic rings. The minimum absolute atomic E-state index is 0.271. The number of terminal acetylenes is 1. The van der Waals surface area contributed by atoms with Gasteiger partial charge in [-0.25, -0.2) is 9.78 Å². The number of rotatable bonds is 6. The highest BCUT2D eigenvalue weighted by Crippen LogP contribution is 2.10. The Morgan fingerprint density at radius 3 is 2.89 bits per heavy atom. The van der Waals surface area contributed by atoms with Gasteiger partial charge in [-0.2, -0.15) is 4.37 Å². The molecule has 1 aromatic heterocycles. The zero-order valence-corrected chi connectivity index (χ0v) is 11.6. The first-order valence-electron chi connectivity index (χ1n) is 5.77. The Morgan fingerprint density at radius 2 is 2.33 bits per heavy atom. The van der Waals surface area contributed by atoms with E-state index in [9.17, 15) is 4.79 Å². The normalized spacial score (nSPS) is 13.7. The van der Waals surface area contributed by atoms with Crippen molar-refractivity contribution in [3.05, 3.63) is 10.8 Å². The fraction of sp³-hybridized carbons (Fsp3) is 0.583. The van der Waals surface area contributed by atoms with Gasteiger partial charge in [-0.05, 0) is 31.8 Å². The van der Waals surface area contributed by atoms with Crippen molar-refractivity contribution in [2.24, 2.45) is 0 Å². The summed E-state index contributed by atoms with van der Waals surface area (Å²) in [7, 11) is 0. The van der Waals surface area contributed by atoms with Crippen LogP contribution in [-0.4, -0.2) is 27.5 Å². The van der Waals surface area contributed by atoms with Crippen molar-refractivity contribution in [1.82, 2.24) is 14.7 Å². The number of aromatic nitrogens is 2. The predicted octanol–water partition coefficient (Wildman–Crippen LogP) is 1.61. The van der Waals surface area contributed by atoms with Gasteiger partial charge in [0.2, 0.25) is 5.01 Å². The van der Waals surface area contributed by atoms with E-state index in [0.29, 0.717) is 19.0 Å². The van der Waals surface area contributed by atoms with Crippen LogP contribution in [0.2, 0.25) is 0 Å². The first-order chi connectivity index (χ1) is 8.54. The third kappa shape index (κ3) is 3.79. The number of nitrogens with zero attached hydrogens (tertiary/aromatic N) is 2. The lowest BCUT2D eigenvalue weighted by atomic mass is 10.0. The van der Waals surface area contributed by atoms with E-state index in [1.807, 2.05) is 13.8 Å². The van der Waals surface area contributed by atoms with Crippen LogP contribution in [0.15, 0.2) is 0 Å². The fourth-order valence-corrected chi connectivity index (χ4v) is 1.73. The van der Waals surface area contributed by atoms with Gasteiger partial charge in [-0.15, -0.1) is 6.42 Å². The van der Waals surface area contributed by atoms with Crippen molar-refractivity contribution < 1.29 is 9.53 Å². The maximum Gasteiger partial charge on any atom is 0.369 e. The highest BCUT2D eigenvalue weighted by molar-refractivity contribution is 7.07. The largest absolute Gasteiger partial charge is 0.461 e. The van der Waals surface area contributed by atoms with Crippen molar-refractivity contribution in [2.75, 3.05) is 6.61 Å². The first kappa shape index (κ1) is 14.6. The molecule has 0 amide bonds. The average molecular weight is 267 g/mol. The van der Waals surface area contributed by atoms with Gasteiger partial charge >= 0.3 is 5.97 Å². The molecule has 98 valence electrons. The van der Waals surface area contributed by atoms with Crippen LogP contribution in [0.3, 0.4) is 0 Å². The standard InChI is InChI=1S/C12H17N3O2S/c1-5-12(4,6-2)13-8-9-14-10(18-15-9)11(16)17-7-3/h1,13H,6-8H2,2-4H3. The topological polar surface area (TPSA) is 64.1 Å². The average Bonchev–Trinajstić information content (AvgIpc) is 2.85. The summed E-state index contributed by atoms with van der Waals surface area (Å²) < 4.78 is 8.94. The maximum atomic E-state index is 11.4. The molecule has 0 radical (unpaired) electrons. The number of hydrogen-bond acceptors (Lipinski definition) is 6. The Labute approximate surface area is 111 Å². The molecule has 0 fully saturated rings. The summed E-state index contributed by atoms with van der Waals surface area (Å²) in [6.45, 7) is 6.46. The Morgan fingerprint density at radius 1 is 1.61 bits per heavy atom. The van der Waals surface area contributed by atoms with Crippen molar-refractivity contribution >= 4 is 17.5 Å². The van der Waals surface area contributed by atoms with Crippen LogP contribution >= 0.6 is 11.5 Å². The van der Waals surface area contributed by atoms with Gasteiger partial charge in [-0.1, -0.05) is 12.8 Å². The molecule has 0 aliphatic rings. The zero-order chi connectivity index (χ0) is 13.6. The molecule has 0 aliphatic heterocycles. The van der Waals surface area contributed by atoms with E-state index < -0.39 is 5.97 Å². The molecule has 1 atom stereocenters. The van der Waals surface area contributed by atoms with E-state index in [-0.39, 0.29) is 10.5 Å². The van der Waals surface area contributed by atoms with Gasteiger partial charge in [0.05, 0.1) is 18.7 Å². The van der Waals surface area contributed by atoms with E-state index in [4.69, 9.17) is 11.2 Å². The van der Waals surface area contributed by atoms with Crippen LogP contribution in [0.1, 0.15) is 42.8 Å². The van der Waals surface area contributed by atoms with E-state index in [0.717, 1.165) is 18.0 Å². The van der Waals surface area contributed by atoms with E-state index in [2.05, 4.69) is 20.6 Å². The summed E-state index contributed by atoms with van der Waals surface area (Å²) in [5, 5.41) is 3.46. The van der Waals surface area contributed by atoms with E-state index in [1.165, 1.54) is 0 Å². The molecule has 18 heavy (non-hydrogen) atoms. The predicted molar refractivity (Wildman–Crippen MR) is 70.2 cm³/mol. The van der Waals surface area contributed by atoms with Crippen LogP contribution in [0.4, 0.5) is 0 Å². The lowest BCUT2D eigenvalue weighted by molar-refractivity contribution is 0.0525. The summed E-state index contributed by atoms with van der Waals surface area (Å²) in [6.07, 6.45) is 6.25. The number of hydrogen-bond donors (Lipinski definition) is 1. The Hall–Kier alpha value is -1.45. The molecule has 6 heteroatoms. The van der Waals surface area contributed by atoms with Crippen molar-refractivity contribution in [1.29, 1.82) is 0 Å². The molecule has 1 N–H and O–H groups in total. The fourth-order valence-electron chi connectivity index (χ4n) is 1.15. The van der Waals surface area contributed by atoms with Crippen LogP contribution in [0.5, 0.6) is 0 Å². The Kier molecular flexibility index (Phi) is 5.25. The maximum absolute atomic E-state index is 11.4. The molecule has 1 unspecified atom stereocenters. The smallest absolute Gasteiger partial charge is 0.369 e. The van der Waals surface area contributed by atoms with Gasteiger partial charge in [0.25, 0.3) is 0 Å². The number of carbonyl (C=O) groups excluding carboxylic acids is 1. The lowest BCUT2D eigenvalue weighted by Crippen LogP contribution is -2.39. The highest BCUT2D eigenvalue weighted by atomic mass is 32.1. The lowest BCUT2D eigenvalue weighted by Gasteiger charge is -2.22. The third-order valence-electron chi connectivity index (χ3n) is 2.58. The molecular formula is C12H17N3O2S. The summed E-state index contributed by atoms with van der Waals surface area (Å²) in [6, 6.07) is 0. The number of ether oxygens (including phenoxy) is 1. The molecule has 0 aromatic carbocycles. The second-order valence-corrected chi connectivity index (χ2v) is 4.67. The van der Waals surface area contributed by atoms with Gasteiger partial charge in [-0.3, -0.25) is 5.32 Å². The summed E-state index contributed by atoms with van der Waals surface area (Å²) in [4.78, 5) is 15.5. The second kappa shape index (κ2) is 6.47. The highest BCUT2D eigenvalue weighted by Gasteiger charge is 2.19. The zero-order valence-electron chi connectivity index (χ0n) is 10.8. The van der Waals surface area contributed by atoms with Crippen LogP contribution in [0, 0.1) is 12.3 Å². The molecule has 0 spiro atoms. The summed E-state index contributed by atoms with van der Waals surface area (Å²) in [5.41, 5.74) is -0.380. The molecule has 0 bridgehead atoms.